The van der Waals surface area contributed by atoms with Crippen LogP contribution in [0.3, 0.4) is 0 Å². The van der Waals surface area contributed by atoms with E-state index in [0.29, 0.717) is 17.7 Å². The van der Waals surface area contributed by atoms with Gasteiger partial charge in [-0.05, 0) is 35.7 Å². The van der Waals surface area contributed by atoms with Gasteiger partial charge in [-0.15, -0.1) is 11.3 Å². The van der Waals surface area contributed by atoms with Gasteiger partial charge in [-0.3, -0.25) is 4.79 Å². The number of halogens is 1. The van der Waals surface area contributed by atoms with Crippen LogP contribution < -0.4 is 4.74 Å². The van der Waals surface area contributed by atoms with E-state index in [1.165, 1.54) is 4.88 Å². The molecule has 2 heterocycles. The number of hydrogen-bond donors (Lipinski definition) is 0. The zero-order valence-electron chi connectivity index (χ0n) is 12.3. The summed E-state index contributed by atoms with van der Waals surface area (Å²) >= 11 is 5.14. The highest BCUT2D eigenvalue weighted by Crippen LogP contribution is 2.40. The molecule has 1 aliphatic heterocycles. The molecule has 21 heavy (non-hydrogen) atoms. The maximum Gasteiger partial charge on any atom is 0.170 e. The maximum absolute atomic E-state index is 12.3. The Balaban J connectivity index is 1.91. The molecular formula is C17H17BrO2S. The number of rotatable bonds is 1. The number of ether oxygens (including phenoxy) is 1. The number of fused-ring (bicyclic) bond motifs is 1. The molecule has 1 aromatic heterocycles. The highest BCUT2D eigenvalue weighted by atomic mass is 79.9. The molecule has 3 rings (SSSR count). The highest BCUT2D eigenvalue weighted by molar-refractivity contribution is 9.10. The fourth-order valence-electron chi connectivity index (χ4n) is 2.38. The second-order valence-electron chi connectivity index (χ2n) is 6.33. The van der Waals surface area contributed by atoms with Crippen LogP contribution in [-0.4, -0.2) is 5.78 Å². The molecule has 1 atom stereocenters. The third kappa shape index (κ3) is 2.92. The number of thiophene rings is 1. The first kappa shape index (κ1) is 14.8. The molecule has 1 unspecified atom stereocenters. The fraction of sp³-hybridized carbons (Fsp3) is 0.353. The van der Waals surface area contributed by atoms with Gasteiger partial charge < -0.3 is 4.74 Å². The summed E-state index contributed by atoms with van der Waals surface area (Å²) in [6.45, 7) is 6.59. The number of carbonyl (C=O) groups is 1. The predicted molar refractivity (Wildman–Crippen MR) is 89.5 cm³/mol. The van der Waals surface area contributed by atoms with Crippen molar-refractivity contribution in [1.29, 1.82) is 0 Å². The molecule has 0 spiro atoms. The lowest BCUT2D eigenvalue weighted by Gasteiger charge is -2.24. The Morgan fingerprint density at radius 1 is 1.24 bits per heavy atom. The summed E-state index contributed by atoms with van der Waals surface area (Å²) in [5, 5.41) is 0. The molecule has 0 radical (unpaired) electrons. The number of ketones is 1. The van der Waals surface area contributed by atoms with E-state index in [0.717, 1.165) is 9.35 Å². The van der Waals surface area contributed by atoms with Gasteiger partial charge in [0.05, 0.1) is 12.0 Å². The van der Waals surface area contributed by atoms with E-state index in [2.05, 4.69) is 48.8 Å². The van der Waals surface area contributed by atoms with Crippen LogP contribution >= 0.6 is 27.3 Å². The van der Waals surface area contributed by atoms with Crippen molar-refractivity contribution in [3.8, 4) is 5.75 Å². The fourth-order valence-corrected chi connectivity index (χ4v) is 3.84. The summed E-state index contributed by atoms with van der Waals surface area (Å²) in [7, 11) is 0. The van der Waals surface area contributed by atoms with Gasteiger partial charge >= 0.3 is 0 Å². The average molecular weight is 365 g/mol. The monoisotopic (exact) mass is 364 g/mol. The molecule has 2 nitrogen and oxygen atoms in total. The quantitative estimate of drug-likeness (QED) is 0.666. The van der Waals surface area contributed by atoms with Gasteiger partial charge in [0.25, 0.3) is 0 Å². The zero-order chi connectivity index (χ0) is 15.2. The topological polar surface area (TPSA) is 26.3 Å². The second-order valence-corrected chi connectivity index (χ2v) is 8.36. The molecular weight excluding hydrogens is 348 g/mol. The molecule has 4 heteroatoms. The van der Waals surface area contributed by atoms with Gasteiger partial charge in [-0.2, -0.15) is 0 Å². The smallest absolute Gasteiger partial charge is 0.170 e. The van der Waals surface area contributed by atoms with Gasteiger partial charge in [0.2, 0.25) is 0 Å². The Morgan fingerprint density at radius 2 is 2.00 bits per heavy atom. The summed E-state index contributed by atoms with van der Waals surface area (Å²) in [5.41, 5.74) is 0.804. The number of hydrogen-bond acceptors (Lipinski definition) is 3. The van der Waals surface area contributed by atoms with E-state index < -0.39 is 0 Å². The lowest BCUT2D eigenvalue weighted by atomic mass is 9.95. The third-order valence-electron chi connectivity index (χ3n) is 3.57. The molecule has 0 saturated heterocycles. The molecule has 0 saturated carbocycles. The lowest BCUT2D eigenvalue weighted by molar-refractivity contribution is 0.0854. The molecule has 0 amide bonds. The van der Waals surface area contributed by atoms with Crippen LogP contribution in [0.25, 0.3) is 0 Å². The van der Waals surface area contributed by atoms with Gasteiger partial charge in [0.15, 0.2) is 5.78 Å². The molecule has 0 bridgehead atoms. The van der Waals surface area contributed by atoms with Crippen molar-refractivity contribution in [3.63, 3.8) is 0 Å². The Bertz CT molecular complexity index is 697. The van der Waals surface area contributed by atoms with Crippen LogP contribution in [0.1, 0.15) is 53.4 Å². The summed E-state index contributed by atoms with van der Waals surface area (Å²) in [6.07, 6.45) is 0.250. The first-order valence-electron chi connectivity index (χ1n) is 6.94. The van der Waals surface area contributed by atoms with Crippen LogP contribution in [0.15, 0.2) is 34.8 Å². The van der Waals surface area contributed by atoms with Gasteiger partial charge in [0, 0.05) is 14.2 Å². The van der Waals surface area contributed by atoms with E-state index in [-0.39, 0.29) is 17.3 Å². The largest absolute Gasteiger partial charge is 0.484 e. The highest BCUT2D eigenvalue weighted by Gasteiger charge is 2.29. The number of carbonyl (C=O) groups excluding carboxylic acids is 1. The second kappa shape index (κ2) is 5.25. The standard InChI is InChI=1S/C17H17BrO2S/c1-17(2,3)16-7-6-15(21-16)14-9-12(19)11-8-10(18)4-5-13(11)20-14/h4-8,14H,9H2,1-3H3. The van der Waals surface area contributed by atoms with Crippen LogP contribution in [0, 0.1) is 0 Å². The Kier molecular flexibility index (Phi) is 3.70. The van der Waals surface area contributed by atoms with Crippen LogP contribution in [0.5, 0.6) is 5.75 Å². The summed E-state index contributed by atoms with van der Waals surface area (Å²) in [5.74, 6) is 0.832. The third-order valence-corrected chi connectivity index (χ3v) is 5.66. The molecule has 0 fully saturated rings. The molecule has 1 aliphatic rings. The lowest BCUT2D eigenvalue weighted by Crippen LogP contribution is -2.19. The SMILES string of the molecule is CC(C)(C)c1ccc(C2CC(=O)c3cc(Br)ccc3O2)s1. The summed E-state index contributed by atoms with van der Waals surface area (Å²) in [6, 6.07) is 9.84. The van der Waals surface area contributed by atoms with E-state index in [4.69, 9.17) is 4.74 Å². The molecule has 1 aromatic carbocycles. The van der Waals surface area contributed by atoms with Crippen molar-refractivity contribution in [3.05, 3.63) is 50.1 Å². The summed E-state index contributed by atoms with van der Waals surface area (Å²) in [4.78, 5) is 14.8. The number of Topliss-reactive ketones (excluding diaryl/α,β-unsaturated/α-hetero) is 1. The average Bonchev–Trinajstić information content (AvgIpc) is 2.89. The Labute approximate surface area is 137 Å². The van der Waals surface area contributed by atoms with Gasteiger partial charge in [-0.1, -0.05) is 36.7 Å². The predicted octanol–water partition coefficient (Wildman–Crippen LogP) is 5.51. The normalized spacial score (nSPS) is 18.3. The van der Waals surface area contributed by atoms with E-state index >= 15 is 0 Å². The molecule has 110 valence electrons. The number of benzene rings is 1. The van der Waals surface area contributed by atoms with E-state index in [9.17, 15) is 4.79 Å². The van der Waals surface area contributed by atoms with Crippen LogP contribution in [0.4, 0.5) is 0 Å². The van der Waals surface area contributed by atoms with Gasteiger partial charge in [-0.25, -0.2) is 0 Å². The first-order chi connectivity index (χ1) is 9.84. The van der Waals surface area contributed by atoms with Crippen molar-refractivity contribution in [1.82, 2.24) is 0 Å². The minimum absolute atomic E-state index is 0.129. The molecule has 0 N–H and O–H groups in total. The minimum Gasteiger partial charge on any atom is -0.484 e. The van der Waals surface area contributed by atoms with Crippen molar-refractivity contribution >= 4 is 33.0 Å². The van der Waals surface area contributed by atoms with Crippen LogP contribution in [0.2, 0.25) is 0 Å². The summed E-state index contributed by atoms with van der Waals surface area (Å²) < 4.78 is 6.94. The first-order valence-corrected chi connectivity index (χ1v) is 8.55. The van der Waals surface area contributed by atoms with Crippen molar-refractivity contribution in [2.45, 2.75) is 38.7 Å². The Morgan fingerprint density at radius 3 is 2.67 bits per heavy atom. The van der Waals surface area contributed by atoms with E-state index in [1.54, 1.807) is 11.3 Å². The van der Waals surface area contributed by atoms with Crippen molar-refractivity contribution in [2.75, 3.05) is 0 Å². The van der Waals surface area contributed by atoms with Crippen molar-refractivity contribution < 1.29 is 9.53 Å². The zero-order valence-corrected chi connectivity index (χ0v) is 14.7. The molecule has 2 aromatic rings. The van der Waals surface area contributed by atoms with Crippen LogP contribution in [-0.2, 0) is 5.41 Å². The van der Waals surface area contributed by atoms with Gasteiger partial charge in [0.1, 0.15) is 11.9 Å². The molecule has 0 aliphatic carbocycles. The maximum atomic E-state index is 12.3. The minimum atomic E-state index is -0.160. The van der Waals surface area contributed by atoms with E-state index in [1.807, 2.05) is 18.2 Å². The van der Waals surface area contributed by atoms with Crippen molar-refractivity contribution in [2.24, 2.45) is 0 Å². The Hall–Kier alpha value is -1.13.